The second-order valence-corrected chi connectivity index (χ2v) is 12.8. The van der Waals surface area contributed by atoms with E-state index in [9.17, 15) is 0 Å². The van der Waals surface area contributed by atoms with Gasteiger partial charge in [0.05, 0.1) is 0 Å². The van der Waals surface area contributed by atoms with Gasteiger partial charge < -0.3 is 9.80 Å². The molecule has 2 heterocycles. The Morgan fingerprint density at radius 2 is 1.46 bits per heavy atom. The van der Waals surface area contributed by atoms with E-state index in [0.29, 0.717) is 59.4 Å². The van der Waals surface area contributed by atoms with Crippen LogP contribution in [-0.4, -0.2) is 25.7 Å². The first-order valence-electron chi connectivity index (χ1n) is 14.5. The van der Waals surface area contributed by atoms with Crippen LogP contribution in [0.4, 0.5) is 11.4 Å². The molecule has 2 fully saturated rings. The Morgan fingerprint density at radius 3 is 2.32 bits per heavy atom. The van der Waals surface area contributed by atoms with E-state index in [-0.39, 0.29) is 0 Å². The number of aryl methyl sites for hydroxylation is 1. The number of nitrogens with zero attached hydrogens (tertiary/aromatic N) is 2. The number of para-hydroxylation sites is 1. The minimum absolute atomic E-state index is 0.572. The van der Waals surface area contributed by atoms with Crippen LogP contribution in [0, 0.1) is 42.4 Å². The molecule has 0 amide bonds. The smallest absolute Gasteiger partial charge is 0.0429 e. The van der Waals surface area contributed by atoms with Crippen molar-refractivity contribution in [2.45, 2.75) is 44.7 Å². The highest BCUT2D eigenvalue weighted by atomic mass is 15.2. The van der Waals surface area contributed by atoms with Gasteiger partial charge in [0.1, 0.15) is 0 Å². The summed E-state index contributed by atoms with van der Waals surface area (Å²) >= 11 is 0. The zero-order valence-corrected chi connectivity index (χ0v) is 22.5. The Bertz CT molecular complexity index is 1390. The Hall–Kier alpha value is -3.00. The summed E-state index contributed by atoms with van der Waals surface area (Å²) in [7, 11) is 2.33. The van der Waals surface area contributed by atoms with E-state index in [1.54, 1.807) is 11.1 Å². The lowest BCUT2D eigenvalue weighted by atomic mass is 9.79. The Morgan fingerprint density at radius 1 is 0.730 bits per heavy atom. The molecule has 2 saturated carbocycles. The van der Waals surface area contributed by atoms with Gasteiger partial charge >= 0.3 is 0 Å². The van der Waals surface area contributed by atoms with Crippen molar-refractivity contribution in [1.29, 1.82) is 0 Å². The zero-order chi connectivity index (χ0) is 25.0. The number of hydrogen-bond donors (Lipinski definition) is 0. The predicted molar refractivity (Wildman–Crippen MR) is 154 cm³/mol. The van der Waals surface area contributed by atoms with Gasteiger partial charge in [-0.25, -0.2) is 0 Å². The van der Waals surface area contributed by atoms with Crippen molar-refractivity contribution in [1.82, 2.24) is 0 Å². The van der Waals surface area contributed by atoms with Crippen LogP contribution in [-0.2, 0) is 0 Å². The molecule has 2 aromatic rings. The number of anilines is 2. The van der Waals surface area contributed by atoms with Gasteiger partial charge in [-0.1, -0.05) is 92.3 Å². The molecule has 0 aromatic heterocycles. The number of rotatable bonds is 2. The highest BCUT2D eigenvalue weighted by molar-refractivity contribution is 5.67. The number of benzene rings is 2. The van der Waals surface area contributed by atoms with Crippen LogP contribution in [0.3, 0.4) is 0 Å². The Balaban J connectivity index is 1.16. The molecule has 188 valence electrons. The third-order valence-electron chi connectivity index (χ3n) is 11.2. The van der Waals surface area contributed by atoms with Crippen molar-refractivity contribution < 1.29 is 0 Å². The average Bonchev–Trinajstić information content (AvgIpc) is 3.58. The van der Waals surface area contributed by atoms with Gasteiger partial charge in [-0.2, -0.15) is 0 Å². The van der Waals surface area contributed by atoms with Crippen molar-refractivity contribution >= 4 is 11.4 Å². The van der Waals surface area contributed by atoms with Crippen LogP contribution in [0.5, 0.6) is 0 Å². The van der Waals surface area contributed by atoms with Crippen LogP contribution in [0.2, 0.25) is 0 Å². The number of likely N-dealkylation sites (N-methyl/N-ethyl adjacent to an activating group) is 1. The minimum atomic E-state index is 0.572. The fourth-order valence-corrected chi connectivity index (χ4v) is 9.70. The maximum absolute atomic E-state index is 2.79. The minimum Gasteiger partial charge on any atom is -0.370 e. The van der Waals surface area contributed by atoms with Crippen LogP contribution in [0.25, 0.3) is 0 Å². The quantitative estimate of drug-likeness (QED) is 0.441. The third kappa shape index (κ3) is 2.88. The summed E-state index contributed by atoms with van der Waals surface area (Å²) in [6, 6.07) is 17.6. The molecule has 4 aliphatic carbocycles. The molecule has 0 bridgehead atoms. The van der Waals surface area contributed by atoms with Crippen LogP contribution >= 0.6 is 0 Å². The van der Waals surface area contributed by atoms with Gasteiger partial charge in [0.15, 0.2) is 0 Å². The molecule has 0 spiro atoms. The third-order valence-corrected chi connectivity index (χ3v) is 11.2. The Kier molecular flexibility index (Phi) is 4.62. The van der Waals surface area contributed by atoms with Crippen molar-refractivity contribution in [2.75, 3.05) is 23.4 Å². The van der Waals surface area contributed by atoms with E-state index in [1.165, 1.54) is 22.5 Å². The maximum Gasteiger partial charge on any atom is 0.0429 e. The molecule has 2 aromatic carbocycles. The molecule has 10 atom stereocenters. The first kappa shape index (κ1) is 22.0. The topological polar surface area (TPSA) is 6.48 Å². The molecular weight excluding hydrogens is 448 g/mol. The second-order valence-electron chi connectivity index (χ2n) is 12.8. The fraction of sp³-hybridized carbons (Fsp3) is 0.429. The normalized spacial score (nSPS) is 39.7. The standard InChI is InChI=1S/C35H38N2/c1-20-13-16-30-29(17-20)33-28-18-23(14-15-25(28)21(2)34(33)36(30)4)19-37-31-12-8-7-11-27(31)32-26-10-6-5-9-24(26)22(3)35(32)37/h5-18,21-22,24-26,28,32-35H,19H2,1-4H3. The van der Waals surface area contributed by atoms with Gasteiger partial charge in [-0.3, -0.25) is 0 Å². The largest absolute Gasteiger partial charge is 0.370 e. The number of hydrogen-bond acceptors (Lipinski definition) is 2. The number of allylic oxidation sites excluding steroid dienone is 6. The van der Waals surface area contributed by atoms with E-state index >= 15 is 0 Å². The Labute approximate surface area is 222 Å². The maximum atomic E-state index is 2.79. The summed E-state index contributed by atoms with van der Waals surface area (Å²) in [4.78, 5) is 5.38. The lowest BCUT2D eigenvalue weighted by Gasteiger charge is -2.33. The van der Waals surface area contributed by atoms with Crippen LogP contribution in [0.15, 0.2) is 90.6 Å². The molecule has 2 heteroatoms. The lowest BCUT2D eigenvalue weighted by Crippen LogP contribution is -2.38. The molecule has 10 unspecified atom stereocenters. The van der Waals surface area contributed by atoms with E-state index in [4.69, 9.17) is 0 Å². The lowest BCUT2D eigenvalue weighted by molar-refractivity contribution is 0.415. The van der Waals surface area contributed by atoms with Crippen molar-refractivity contribution in [2.24, 2.45) is 35.5 Å². The predicted octanol–water partition coefficient (Wildman–Crippen LogP) is 7.26. The van der Waals surface area contributed by atoms with E-state index in [2.05, 4.69) is 123 Å². The molecule has 0 saturated heterocycles. The summed E-state index contributed by atoms with van der Waals surface area (Å²) in [5.41, 5.74) is 8.98. The summed E-state index contributed by atoms with van der Waals surface area (Å²) in [5, 5.41) is 0. The summed E-state index contributed by atoms with van der Waals surface area (Å²) < 4.78 is 0. The summed E-state index contributed by atoms with van der Waals surface area (Å²) in [5.74, 6) is 5.03. The van der Waals surface area contributed by atoms with E-state index in [1.807, 2.05) is 0 Å². The van der Waals surface area contributed by atoms with Crippen LogP contribution < -0.4 is 9.80 Å². The fourth-order valence-electron chi connectivity index (χ4n) is 9.70. The second kappa shape index (κ2) is 7.76. The van der Waals surface area contributed by atoms with Crippen molar-refractivity contribution in [3.8, 4) is 0 Å². The first-order valence-corrected chi connectivity index (χ1v) is 14.5. The van der Waals surface area contributed by atoms with Gasteiger partial charge in [0.25, 0.3) is 0 Å². The monoisotopic (exact) mass is 486 g/mol. The van der Waals surface area contributed by atoms with Crippen molar-refractivity contribution in [3.05, 3.63) is 107 Å². The summed E-state index contributed by atoms with van der Waals surface area (Å²) in [6.07, 6.45) is 17.3. The molecule has 0 N–H and O–H groups in total. The van der Waals surface area contributed by atoms with Gasteiger partial charge in [0, 0.05) is 48.9 Å². The van der Waals surface area contributed by atoms with Crippen LogP contribution in [0.1, 0.15) is 42.4 Å². The molecule has 0 radical (unpaired) electrons. The molecule has 6 aliphatic rings. The molecule has 8 rings (SSSR count). The van der Waals surface area contributed by atoms with E-state index < -0.39 is 0 Å². The molecule has 2 nitrogen and oxygen atoms in total. The zero-order valence-electron chi connectivity index (χ0n) is 22.5. The highest BCUT2D eigenvalue weighted by Crippen LogP contribution is 2.60. The first-order chi connectivity index (χ1) is 18.0. The number of fused-ring (bicyclic) bond motifs is 10. The molecular formula is C35H38N2. The van der Waals surface area contributed by atoms with Gasteiger partial charge in [-0.15, -0.1) is 0 Å². The highest BCUT2D eigenvalue weighted by Gasteiger charge is 2.56. The average molecular weight is 487 g/mol. The van der Waals surface area contributed by atoms with Gasteiger partial charge in [0.2, 0.25) is 0 Å². The molecule has 2 aliphatic heterocycles. The SMILES string of the molecule is Cc1ccc2c(c1)C1C3C=C(CN4c5ccccc5C5C6C=CC=CC6C(C)C54)C=CC3C(C)C1N2C. The van der Waals surface area contributed by atoms with Gasteiger partial charge in [-0.05, 0) is 71.3 Å². The van der Waals surface area contributed by atoms with Crippen molar-refractivity contribution in [3.63, 3.8) is 0 Å². The summed E-state index contributed by atoms with van der Waals surface area (Å²) in [6.45, 7) is 8.27. The van der Waals surface area contributed by atoms with E-state index in [0.717, 1.165) is 6.54 Å². The molecule has 37 heavy (non-hydrogen) atoms.